The number of benzene rings is 3. The number of anilines is 3. The molecule has 1 N–H and O–H groups in total. The van der Waals surface area contributed by atoms with Crippen molar-refractivity contribution in [3.8, 4) is 11.1 Å². The molecule has 3 aromatic carbocycles. The van der Waals surface area contributed by atoms with Gasteiger partial charge in [-0.2, -0.15) is 4.90 Å². The third kappa shape index (κ3) is 7.55. The van der Waals surface area contributed by atoms with Gasteiger partial charge in [0, 0.05) is 21.8 Å². The van der Waals surface area contributed by atoms with E-state index in [1.54, 1.807) is 71.9 Å². The summed E-state index contributed by atoms with van der Waals surface area (Å²) in [6.07, 6.45) is -1.84. The van der Waals surface area contributed by atoms with Crippen molar-refractivity contribution < 1.29 is 24.0 Å². The molecule has 0 spiro atoms. The number of hydrogen-bond donors (Lipinski definition) is 1. The second kappa shape index (κ2) is 11.2. The predicted octanol–water partition coefficient (Wildman–Crippen LogP) is 8.44. The summed E-state index contributed by atoms with van der Waals surface area (Å²) in [5.41, 5.74) is 0.173. The van der Waals surface area contributed by atoms with Crippen molar-refractivity contribution in [3.05, 3.63) is 81.3 Å². The Balaban J connectivity index is 2.21. The predicted molar refractivity (Wildman–Crippen MR) is 151 cm³/mol. The van der Waals surface area contributed by atoms with Gasteiger partial charge >= 0.3 is 12.2 Å². The largest absolute Gasteiger partial charge is 0.443 e. The number of nitro groups is 1. The fourth-order valence-corrected chi connectivity index (χ4v) is 3.83. The lowest BCUT2D eigenvalue weighted by Gasteiger charge is -2.30. The Bertz CT molecular complexity index is 1320. The molecule has 0 radical (unpaired) electrons. The van der Waals surface area contributed by atoms with E-state index in [0.29, 0.717) is 15.7 Å². The van der Waals surface area contributed by atoms with Gasteiger partial charge in [0.15, 0.2) is 0 Å². The molecular weight excluding hydrogens is 554 g/mol. The molecule has 0 unspecified atom stereocenters. The van der Waals surface area contributed by atoms with Crippen LogP contribution in [0.4, 0.5) is 32.3 Å². The highest BCUT2D eigenvalue weighted by Gasteiger charge is 2.34. The zero-order valence-electron chi connectivity index (χ0n) is 22.1. The van der Waals surface area contributed by atoms with Crippen molar-refractivity contribution in [1.82, 2.24) is 0 Å². The van der Waals surface area contributed by atoms with E-state index in [1.807, 2.05) is 30.3 Å². The van der Waals surface area contributed by atoms with Crippen LogP contribution < -0.4 is 10.2 Å². The Labute approximate surface area is 230 Å². The monoisotopic (exact) mass is 583 g/mol. The Morgan fingerprint density at radius 1 is 0.868 bits per heavy atom. The molecule has 9 nitrogen and oxygen atoms in total. The number of carbonyl (C=O) groups is 2. The molecule has 3 aromatic rings. The van der Waals surface area contributed by atoms with E-state index >= 15 is 0 Å². The van der Waals surface area contributed by atoms with Crippen LogP contribution in [0, 0.1) is 10.1 Å². The average molecular weight is 584 g/mol. The van der Waals surface area contributed by atoms with Crippen LogP contribution >= 0.6 is 15.9 Å². The lowest BCUT2D eigenvalue weighted by molar-refractivity contribution is -0.383. The van der Waals surface area contributed by atoms with Crippen molar-refractivity contribution >= 4 is 50.9 Å². The molecule has 0 saturated heterocycles. The lowest BCUT2D eigenvalue weighted by atomic mass is 10.0. The molecule has 0 fully saturated rings. The minimum atomic E-state index is -0.922. The molecule has 0 aliphatic rings. The highest BCUT2D eigenvalue weighted by Crippen LogP contribution is 2.38. The first-order valence-corrected chi connectivity index (χ1v) is 12.6. The fraction of sp³-hybridized carbons (Fsp3) is 0.286. The second-order valence-electron chi connectivity index (χ2n) is 10.4. The van der Waals surface area contributed by atoms with Crippen LogP contribution in [0.2, 0.25) is 0 Å². The Morgan fingerprint density at radius 3 is 1.97 bits per heavy atom. The number of ether oxygens (including phenoxy) is 2. The van der Waals surface area contributed by atoms with Crippen molar-refractivity contribution in [2.45, 2.75) is 52.7 Å². The maximum absolute atomic E-state index is 13.4. The molecular formula is C28H30BrN3O6. The standard InChI is InChI=1S/C28H30BrN3O6/c1-27(2,3)37-25(33)31(26(34)38-28(4,5)6)24-17-20(13-14-21(24)18-10-8-7-9-11-18)30-22-16-19(29)12-15-23(22)32(35)36/h7-17,30H,1-6H3. The summed E-state index contributed by atoms with van der Waals surface area (Å²) in [6, 6.07) is 18.7. The SMILES string of the molecule is CC(C)(C)OC(=O)N(C(=O)OC(C)(C)C)c1cc(Nc2cc(Br)ccc2[N+](=O)[O-])ccc1-c1ccccc1. The van der Waals surface area contributed by atoms with Crippen molar-refractivity contribution in [2.75, 3.05) is 10.2 Å². The fourth-order valence-electron chi connectivity index (χ4n) is 3.47. The minimum Gasteiger partial charge on any atom is -0.443 e. The average Bonchev–Trinajstić information content (AvgIpc) is 2.77. The first-order chi connectivity index (χ1) is 17.6. The number of nitrogens with zero attached hydrogens (tertiary/aromatic N) is 2. The highest BCUT2D eigenvalue weighted by molar-refractivity contribution is 9.10. The molecule has 0 aliphatic heterocycles. The number of imide groups is 1. The Morgan fingerprint density at radius 2 is 1.45 bits per heavy atom. The van der Waals surface area contributed by atoms with E-state index in [4.69, 9.17) is 9.47 Å². The summed E-state index contributed by atoms with van der Waals surface area (Å²) in [6.45, 7) is 10.2. The molecule has 3 rings (SSSR count). The van der Waals surface area contributed by atoms with E-state index in [1.165, 1.54) is 6.07 Å². The van der Waals surface area contributed by atoms with E-state index in [-0.39, 0.29) is 17.1 Å². The number of nitro benzene ring substituents is 1. The van der Waals surface area contributed by atoms with Gasteiger partial charge in [-0.15, -0.1) is 0 Å². The van der Waals surface area contributed by atoms with Crippen molar-refractivity contribution in [1.29, 1.82) is 0 Å². The summed E-state index contributed by atoms with van der Waals surface area (Å²) < 4.78 is 11.8. The van der Waals surface area contributed by atoms with E-state index in [9.17, 15) is 19.7 Å². The highest BCUT2D eigenvalue weighted by atomic mass is 79.9. The summed E-state index contributed by atoms with van der Waals surface area (Å²) >= 11 is 3.34. The van der Waals surface area contributed by atoms with Gasteiger partial charge in [-0.1, -0.05) is 52.3 Å². The van der Waals surface area contributed by atoms with Gasteiger partial charge < -0.3 is 14.8 Å². The summed E-state index contributed by atoms with van der Waals surface area (Å²) in [5, 5.41) is 14.6. The number of carbonyl (C=O) groups excluding carboxylic acids is 2. The number of rotatable bonds is 5. The quantitative estimate of drug-likeness (QED) is 0.237. The first-order valence-electron chi connectivity index (χ1n) is 11.8. The number of amides is 2. The van der Waals surface area contributed by atoms with Crippen LogP contribution in [0.1, 0.15) is 41.5 Å². The van der Waals surface area contributed by atoms with Gasteiger partial charge in [0.2, 0.25) is 0 Å². The van der Waals surface area contributed by atoms with Crippen LogP contribution in [-0.4, -0.2) is 28.3 Å². The maximum atomic E-state index is 13.4. The minimum absolute atomic E-state index is 0.141. The molecule has 0 aliphatic carbocycles. The van der Waals surface area contributed by atoms with Gasteiger partial charge in [-0.25, -0.2) is 9.59 Å². The second-order valence-corrected chi connectivity index (χ2v) is 11.4. The van der Waals surface area contributed by atoms with Crippen LogP contribution in [-0.2, 0) is 9.47 Å². The van der Waals surface area contributed by atoms with Crippen LogP contribution in [0.5, 0.6) is 0 Å². The number of hydrogen-bond acceptors (Lipinski definition) is 7. The van der Waals surface area contributed by atoms with Gasteiger partial charge in [0.25, 0.3) is 5.69 Å². The smallest absolute Gasteiger partial charge is 0.424 e. The first kappa shape index (κ1) is 28.6. The van der Waals surface area contributed by atoms with E-state index < -0.39 is 28.3 Å². The topological polar surface area (TPSA) is 111 Å². The Hall–Kier alpha value is -3.92. The van der Waals surface area contributed by atoms with Crippen LogP contribution in [0.3, 0.4) is 0 Å². The maximum Gasteiger partial charge on any atom is 0.424 e. The van der Waals surface area contributed by atoms with Crippen molar-refractivity contribution in [3.63, 3.8) is 0 Å². The van der Waals surface area contributed by atoms with Crippen LogP contribution in [0.15, 0.2) is 71.2 Å². The normalized spacial score (nSPS) is 11.4. The summed E-state index contributed by atoms with van der Waals surface area (Å²) in [4.78, 5) is 38.8. The Kier molecular flexibility index (Phi) is 8.46. The molecule has 0 heterocycles. The molecule has 2 amide bonds. The molecule has 10 heteroatoms. The summed E-state index contributed by atoms with van der Waals surface area (Å²) in [7, 11) is 0. The van der Waals surface area contributed by atoms with Crippen LogP contribution in [0.25, 0.3) is 11.1 Å². The summed E-state index contributed by atoms with van der Waals surface area (Å²) in [5.74, 6) is 0. The molecule has 0 bridgehead atoms. The lowest BCUT2D eigenvalue weighted by Crippen LogP contribution is -2.44. The molecule has 200 valence electrons. The van der Waals surface area contributed by atoms with E-state index in [0.717, 1.165) is 10.5 Å². The number of nitrogens with one attached hydrogen (secondary N) is 1. The third-order valence-corrected chi connectivity index (χ3v) is 5.40. The van der Waals surface area contributed by atoms with Gasteiger partial charge in [-0.05, 0) is 71.4 Å². The van der Waals surface area contributed by atoms with Crippen molar-refractivity contribution in [2.24, 2.45) is 0 Å². The zero-order valence-corrected chi connectivity index (χ0v) is 23.7. The van der Waals surface area contributed by atoms with Gasteiger partial charge in [0.1, 0.15) is 16.9 Å². The molecule has 38 heavy (non-hydrogen) atoms. The zero-order chi connectivity index (χ0) is 28.3. The molecule has 0 saturated carbocycles. The molecule has 0 aromatic heterocycles. The third-order valence-electron chi connectivity index (χ3n) is 4.91. The van der Waals surface area contributed by atoms with Gasteiger partial charge in [-0.3, -0.25) is 10.1 Å². The van der Waals surface area contributed by atoms with E-state index in [2.05, 4.69) is 21.2 Å². The van der Waals surface area contributed by atoms with Gasteiger partial charge in [0.05, 0.1) is 10.6 Å². The molecule has 0 atom stereocenters. The number of halogens is 1.